The SMILES string of the molecule is CC(=O)c1cc(Br)cc(N(C)C2CCOCC2)c1C. The molecule has 0 amide bonds. The lowest BCUT2D eigenvalue weighted by Gasteiger charge is -2.34. The van der Waals surface area contributed by atoms with E-state index in [9.17, 15) is 4.79 Å². The molecule has 2 rings (SSSR count). The molecule has 0 aromatic heterocycles. The summed E-state index contributed by atoms with van der Waals surface area (Å²) < 4.78 is 6.37. The summed E-state index contributed by atoms with van der Waals surface area (Å²) in [6, 6.07) is 4.48. The Morgan fingerprint density at radius 2 is 2.00 bits per heavy atom. The Morgan fingerprint density at radius 1 is 1.37 bits per heavy atom. The van der Waals surface area contributed by atoms with E-state index in [1.165, 1.54) is 0 Å². The predicted molar refractivity (Wildman–Crippen MR) is 81.1 cm³/mol. The zero-order chi connectivity index (χ0) is 14.0. The second-order valence-electron chi connectivity index (χ2n) is 5.11. The third-order valence-corrected chi connectivity index (χ3v) is 4.30. The maximum Gasteiger partial charge on any atom is 0.160 e. The topological polar surface area (TPSA) is 29.5 Å². The van der Waals surface area contributed by atoms with Crippen LogP contribution in [0.15, 0.2) is 16.6 Å². The average Bonchev–Trinajstić information content (AvgIpc) is 2.41. The Bertz CT molecular complexity index is 481. The third-order valence-electron chi connectivity index (χ3n) is 3.84. The first-order valence-electron chi connectivity index (χ1n) is 6.62. The molecular weight excluding hydrogens is 306 g/mol. The van der Waals surface area contributed by atoms with Crippen LogP contribution in [-0.4, -0.2) is 32.1 Å². The zero-order valence-corrected chi connectivity index (χ0v) is 13.3. The molecule has 1 saturated heterocycles. The Morgan fingerprint density at radius 3 is 2.58 bits per heavy atom. The largest absolute Gasteiger partial charge is 0.381 e. The molecule has 0 atom stereocenters. The highest BCUT2D eigenvalue weighted by atomic mass is 79.9. The van der Waals surface area contributed by atoms with E-state index in [0.717, 1.165) is 47.3 Å². The lowest BCUT2D eigenvalue weighted by molar-refractivity contribution is 0.0854. The minimum absolute atomic E-state index is 0.112. The molecule has 4 heteroatoms. The number of ether oxygens (including phenoxy) is 1. The number of hydrogen-bond donors (Lipinski definition) is 0. The summed E-state index contributed by atoms with van der Waals surface area (Å²) in [5.41, 5.74) is 2.99. The van der Waals surface area contributed by atoms with E-state index < -0.39 is 0 Å². The molecule has 0 radical (unpaired) electrons. The van der Waals surface area contributed by atoms with E-state index in [4.69, 9.17) is 4.74 Å². The standard InChI is InChI=1S/C15H20BrNO2/c1-10-14(11(2)18)8-12(16)9-15(10)17(3)13-4-6-19-7-5-13/h8-9,13H,4-7H2,1-3H3. The second kappa shape index (κ2) is 6.06. The van der Waals surface area contributed by atoms with Gasteiger partial charge in [-0.05, 0) is 44.4 Å². The van der Waals surface area contributed by atoms with Crippen LogP contribution < -0.4 is 4.90 Å². The molecule has 3 nitrogen and oxygen atoms in total. The summed E-state index contributed by atoms with van der Waals surface area (Å²) in [7, 11) is 2.11. The molecule has 0 spiro atoms. The summed E-state index contributed by atoms with van der Waals surface area (Å²) in [5, 5.41) is 0. The quantitative estimate of drug-likeness (QED) is 0.795. The second-order valence-corrected chi connectivity index (χ2v) is 6.02. The molecule has 1 aromatic rings. The van der Waals surface area contributed by atoms with E-state index in [1.54, 1.807) is 6.92 Å². The first kappa shape index (κ1) is 14.5. The number of benzene rings is 1. The van der Waals surface area contributed by atoms with Gasteiger partial charge in [-0.15, -0.1) is 0 Å². The van der Waals surface area contributed by atoms with Gasteiger partial charge in [0.05, 0.1) is 0 Å². The van der Waals surface area contributed by atoms with Crippen LogP contribution in [0.1, 0.15) is 35.7 Å². The van der Waals surface area contributed by atoms with Crippen LogP contribution in [0.2, 0.25) is 0 Å². The molecule has 1 heterocycles. The predicted octanol–water partition coefficient (Wildman–Crippen LogP) is 3.58. The van der Waals surface area contributed by atoms with Crippen LogP contribution in [0.3, 0.4) is 0 Å². The van der Waals surface area contributed by atoms with Gasteiger partial charge in [0.1, 0.15) is 0 Å². The fraction of sp³-hybridized carbons (Fsp3) is 0.533. The highest BCUT2D eigenvalue weighted by Crippen LogP contribution is 2.30. The summed E-state index contributed by atoms with van der Waals surface area (Å²) in [4.78, 5) is 14.0. The Hall–Kier alpha value is -0.870. The minimum Gasteiger partial charge on any atom is -0.381 e. The number of nitrogens with zero attached hydrogens (tertiary/aromatic N) is 1. The lowest BCUT2D eigenvalue weighted by Crippen LogP contribution is -2.37. The lowest BCUT2D eigenvalue weighted by atomic mass is 10.0. The molecule has 1 aromatic carbocycles. The van der Waals surface area contributed by atoms with Crippen LogP contribution in [-0.2, 0) is 4.74 Å². The van der Waals surface area contributed by atoms with Gasteiger partial charge in [-0.2, -0.15) is 0 Å². The fourth-order valence-electron chi connectivity index (χ4n) is 2.67. The Balaban J connectivity index is 2.35. The highest BCUT2D eigenvalue weighted by molar-refractivity contribution is 9.10. The van der Waals surface area contributed by atoms with Gasteiger partial charge in [-0.1, -0.05) is 15.9 Å². The number of anilines is 1. The molecule has 0 unspecified atom stereocenters. The van der Waals surface area contributed by atoms with Crippen LogP contribution in [0.5, 0.6) is 0 Å². The van der Waals surface area contributed by atoms with Gasteiger partial charge < -0.3 is 9.64 Å². The molecule has 0 N–H and O–H groups in total. The van der Waals surface area contributed by atoms with Crippen molar-refractivity contribution in [2.24, 2.45) is 0 Å². The van der Waals surface area contributed by atoms with Gasteiger partial charge in [0.15, 0.2) is 5.78 Å². The fourth-order valence-corrected chi connectivity index (χ4v) is 3.11. The van der Waals surface area contributed by atoms with Crippen LogP contribution in [0.4, 0.5) is 5.69 Å². The summed E-state index contributed by atoms with van der Waals surface area (Å²) in [5.74, 6) is 0.112. The maximum absolute atomic E-state index is 11.7. The highest BCUT2D eigenvalue weighted by Gasteiger charge is 2.21. The number of halogens is 1. The molecule has 1 aliphatic rings. The van der Waals surface area contributed by atoms with Gasteiger partial charge in [-0.3, -0.25) is 4.79 Å². The van der Waals surface area contributed by atoms with Crippen molar-refractivity contribution in [2.45, 2.75) is 32.7 Å². The van der Waals surface area contributed by atoms with Crippen molar-refractivity contribution in [1.29, 1.82) is 0 Å². The van der Waals surface area contributed by atoms with Crippen molar-refractivity contribution in [3.8, 4) is 0 Å². The normalized spacial score (nSPS) is 16.4. The number of rotatable bonds is 3. The van der Waals surface area contributed by atoms with Crippen molar-refractivity contribution in [3.05, 3.63) is 27.7 Å². The van der Waals surface area contributed by atoms with Gasteiger partial charge >= 0.3 is 0 Å². The summed E-state index contributed by atoms with van der Waals surface area (Å²) >= 11 is 3.50. The molecule has 1 fully saturated rings. The van der Waals surface area contributed by atoms with E-state index in [2.05, 4.69) is 33.9 Å². The van der Waals surface area contributed by atoms with E-state index in [1.807, 2.05) is 13.0 Å². The number of hydrogen-bond acceptors (Lipinski definition) is 3. The smallest absolute Gasteiger partial charge is 0.160 e. The van der Waals surface area contributed by atoms with Crippen molar-refractivity contribution in [2.75, 3.05) is 25.2 Å². The van der Waals surface area contributed by atoms with Crippen molar-refractivity contribution < 1.29 is 9.53 Å². The van der Waals surface area contributed by atoms with E-state index in [0.29, 0.717) is 6.04 Å². The molecule has 0 aliphatic carbocycles. The maximum atomic E-state index is 11.7. The molecule has 0 bridgehead atoms. The number of carbonyl (C=O) groups excluding carboxylic acids is 1. The molecule has 0 saturated carbocycles. The van der Waals surface area contributed by atoms with Gasteiger partial charge in [0.2, 0.25) is 0 Å². The van der Waals surface area contributed by atoms with Crippen LogP contribution in [0, 0.1) is 6.92 Å². The van der Waals surface area contributed by atoms with Gasteiger partial charge in [0.25, 0.3) is 0 Å². The van der Waals surface area contributed by atoms with Crippen molar-refractivity contribution in [3.63, 3.8) is 0 Å². The van der Waals surface area contributed by atoms with Gasteiger partial charge in [-0.25, -0.2) is 0 Å². The first-order valence-corrected chi connectivity index (χ1v) is 7.41. The number of ketones is 1. The molecule has 1 aliphatic heterocycles. The number of carbonyl (C=O) groups is 1. The van der Waals surface area contributed by atoms with Crippen molar-refractivity contribution >= 4 is 27.4 Å². The third kappa shape index (κ3) is 3.18. The Labute approximate surface area is 123 Å². The van der Waals surface area contributed by atoms with Crippen LogP contribution in [0.25, 0.3) is 0 Å². The minimum atomic E-state index is 0.112. The van der Waals surface area contributed by atoms with Crippen LogP contribution >= 0.6 is 15.9 Å². The molecule has 104 valence electrons. The summed E-state index contributed by atoms with van der Waals surface area (Å²) in [6.07, 6.45) is 2.08. The van der Waals surface area contributed by atoms with Crippen molar-refractivity contribution in [1.82, 2.24) is 0 Å². The zero-order valence-electron chi connectivity index (χ0n) is 11.7. The van der Waals surface area contributed by atoms with E-state index >= 15 is 0 Å². The summed E-state index contributed by atoms with van der Waals surface area (Å²) in [6.45, 7) is 5.28. The molecule has 19 heavy (non-hydrogen) atoms. The van der Waals surface area contributed by atoms with E-state index in [-0.39, 0.29) is 5.78 Å². The number of Topliss-reactive ketones (excluding diaryl/α,β-unsaturated/α-hetero) is 1. The first-order chi connectivity index (χ1) is 9.00. The van der Waals surface area contributed by atoms with Gasteiger partial charge in [0, 0.05) is 42.0 Å². The average molecular weight is 326 g/mol. The molecular formula is C15H20BrNO2. The monoisotopic (exact) mass is 325 g/mol. The Kier molecular flexibility index (Phi) is 4.63.